The molecule has 0 radical (unpaired) electrons. The molecule has 15 heteroatoms. The lowest BCUT2D eigenvalue weighted by Gasteiger charge is -2.40. The minimum Gasteiger partial charge on any atom is -0.372 e. The first-order valence-corrected chi connectivity index (χ1v) is 19.5. The molecule has 7 rings (SSSR count). The zero-order valence-corrected chi connectivity index (χ0v) is 31.6. The van der Waals surface area contributed by atoms with Crippen molar-refractivity contribution in [3.8, 4) is 6.07 Å². The molecule has 1 aromatic heterocycles. The molecule has 4 fully saturated rings. The summed E-state index contributed by atoms with van der Waals surface area (Å²) in [5.41, 5.74) is 3.33. The molecular weight excluding hydrogens is 724 g/mol. The van der Waals surface area contributed by atoms with Crippen LogP contribution in [-0.2, 0) is 27.6 Å². The summed E-state index contributed by atoms with van der Waals surface area (Å²) < 4.78 is 42.3. The molecule has 5 heterocycles. The van der Waals surface area contributed by atoms with Crippen LogP contribution in [0.4, 0.5) is 30.2 Å². The number of halogens is 3. The van der Waals surface area contributed by atoms with Crippen LogP contribution in [0.2, 0.25) is 0 Å². The van der Waals surface area contributed by atoms with E-state index in [1.54, 1.807) is 16.7 Å². The number of rotatable bonds is 9. The second kappa shape index (κ2) is 16.8. The molecule has 12 nitrogen and oxygen atoms in total. The van der Waals surface area contributed by atoms with Crippen molar-refractivity contribution in [2.45, 2.75) is 56.7 Å². The van der Waals surface area contributed by atoms with Gasteiger partial charge in [0.05, 0.1) is 17.2 Å². The van der Waals surface area contributed by atoms with Crippen LogP contribution in [0.15, 0.2) is 65.9 Å². The van der Waals surface area contributed by atoms with Crippen molar-refractivity contribution >= 4 is 35.3 Å². The number of carbonyl (C=O) groups excluding carboxylic acids is 3. The number of pyridine rings is 1. The zero-order valence-electron chi connectivity index (χ0n) is 31.6. The van der Waals surface area contributed by atoms with E-state index in [0.29, 0.717) is 42.5 Å². The average molecular weight is 772 g/mol. The van der Waals surface area contributed by atoms with Gasteiger partial charge in [-0.25, -0.2) is 5.01 Å². The Bertz CT molecular complexity index is 2000. The molecule has 0 bridgehead atoms. The number of carbonyl (C=O) groups is 3. The summed E-state index contributed by atoms with van der Waals surface area (Å²) in [6.45, 7) is 8.07. The third kappa shape index (κ3) is 8.86. The second-order valence-corrected chi connectivity index (χ2v) is 15.3. The molecule has 2 aromatic carbocycles. The van der Waals surface area contributed by atoms with E-state index in [-0.39, 0.29) is 24.3 Å². The lowest BCUT2D eigenvalue weighted by atomic mass is 9.88. The molecule has 1 atom stereocenters. The molecule has 0 spiro atoms. The van der Waals surface area contributed by atoms with Crippen molar-refractivity contribution in [1.29, 1.82) is 5.26 Å². The molecule has 0 saturated carbocycles. The zero-order chi connectivity index (χ0) is 39.4. The topological polar surface area (TPSA) is 121 Å². The van der Waals surface area contributed by atoms with Crippen molar-refractivity contribution in [3.63, 3.8) is 0 Å². The summed E-state index contributed by atoms with van der Waals surface area (Å²) in [5, 5.41) is 17.0. The number of aromatic nitrogens is 1. The maximum absolute atomic E-state index is 13.5. The number of nitrogens with one attached hydrogen (secondary N) is 1. The third-order valence-electron chi connectivity index (χ3n) is 11.8. The Balaban J connectivity index is 0.860. The van der Waals surface area contributed by atoms with Gasteiger partial charge in [0.2, 0.25) is 12.3 Å². The van der Waals surface area contributed by atoms with Crippen LogP contribution in [-0.4, -0.2) is 97.6 Å². The number of piperazine rings is 1. The highest BCUT2D eigenvalue weighted by Gasteiger charge is 2.35. The normalized spacial score (nSPS) is 20.9. The molecule has 3 aromatic rings. The fraction of sp³-hybridized carbons (Fsp3) is 0.488. The summed E-state index contributed by atoms with van der Waals surface area (Å²) in [7, 11) is 1.84. The van der Waals surface area contributed by atoms with Crippen LogP contribution in [0.5, 0.6) is 0 Å². The number of aryl methyl sites for hydroxylation is 1. The van der Waals surface area contributed by atoms with E-state index in [0.717, 1.165) is 88.3 Å². The third-order valence-corrected chi connectivity index (χ3v) is 11.8. The first-order chi connectivity index (χ1) is 27.0. The second-order valence-electron chi connectivity index (χ2n) is 15.3. The van der Waals surface area contributed by atoms with Crippen LogP contribution in [0.3, 0.4) is 0 Å². The molecule has 4 aliphatic rings. The molecule has 0 aliphatic carbocycles. The molecule has 4 aliphatic heterocycles. The van der Waals surface area contributed by atoms with Gasteiger partial charge in [-0.1, -0.05) is 12.1 Å². The summed E-state index contributed by atoms with van der Waals surface area (Å²) in [6.07, 6.45) is 2.25. The van der Waals surface area contributed by atoms with Gasteiger partial charge < -0.3 is 19.3 Å². The van der Waals surface area contributed by atoms with Crippen molar-refractivity contribution in [1.82, 2.24) is 19.8 Å². The van der Waals surface area contributed by atoms with Crippen molar-refractivity contribution in [2.24, 2.45) is 18.1 Å². The first kappa shape index (κ1) is 38.9. The molecule has 296 valence electrons. The van der Waals surface area contributed by atoms with E-state index in [4.69, 9.17) is 5.26 Å². The molecular formula is C41H48F3N9O3. The highest BCUT2D eigenvalue weighted by molar-refractivity contribution is 6.00. The number of alkyl halides is 3. The van der Waals surface area contributed by atoms with E-state index in [1.807, 2.05) is 30.3 Å². The summed E-state index contributed by atoms with van der Waals surface area (Å²) in [5.74, 6) is 0.129. The van der Waals surface area contributed by atoms with Gasteiger partial charge in [0.1, 0.15) is 6.04 Å². The van der Waals surface area contributed by atoms with Crippen LogP contribution < -0.4 is 25.5 Å². The van der Waals surface area contributed by atoms with Gasteiger partial charge in [-0.2, -0.15) is 23.5 Å². The largest absolute Gasteiger partial charge is 0.417 e. The lowest BCUT2D eigenvalue weighted by molar-refractivity contribution is -0.141. The maximum atomic E-state index is 13.5. The van der Waals surface area contributed by atoms with Crippen LogP contribution in [0.1, 0.15) is 61.1 Å². The van der Waals surface area contributed by atoms with E-state index >= 15 is 0 Å². The van der Waals surface area contributed by atoms with Gasteiger partial charge in [-0.05, 0) is 85.9 Å². The van der Waals surface area contributed by atoms with Crippen LogP contribution in [0, 0.1) is 17.2 Å². The molecule has 3 amide bonds. The number of hydrogen-bond donors (Lipinski definition) is 1. The number of anilines is 3. The Morgan fingerprint density at radius 1 is 0.839 bits per heavy atom. The number of imide groups is 1. The Morgan fingerprint density at radius 3 is 2.11 bits per heavy atom. The number of hydrogen-bond acceptors (Lipinski definition) is 9. The number of nitriles is 1. The SMILES string of the molecule is Cn1ccc(N2CCN(CC3CCN(c4ccc(C5CCN(c6ccc(C#N)c(C(F)(F)F)c6)CC5)cc4)CC3)CC2)c/c1=N/N(C=O)C1CCC(=O)NC1=O. The Kier molecular flexibility index (Phi) is 11.7. The van der Waals surface area contributed by atoms with Crippen LogP contribution in [0.25, 0.3) is 0 Å². The molecule has 4 saturated heterocycles. The predicted molar refractivity (Wildman–Crippen MR) is 205 cm³/mol. The first-order valence-electron chi connectivity index (χ1n) is 19.5. The highest BCUT2D eigenvalue weighted by atomic mass is 19.4. The van der Waals surface area contributed by atoms with E-state index in [1.165, 1.54) is 17.3 Å². The highest BCUT2D eigenvalue weighted by Crippen LogP contribution is 2.37. The minimum atomic E-state index is -4.56. The van der Waals surface area contributed by atoms with Gasteiger partial charge in [0, 0.05) is 102 Å². The Labute approximate surface area is 324 Å². The summed E-state index contributed by atoms with van der Waals surface area (Å²) in [6, 6.07) is 17.7. The van der Waals surface area contributed by atoms with Gasteiger partial charge in [-0.15, -0.1) is 0 Å². The Hall–Kier alpha value is -5.36. The quantitative estimate of drug-likeness (QED) is 0.193. The van der Waals surface area contributed by atoms with Gasteiger partial charge in [0.25, 0.3) is 5.91 Å². The van der Waals surface area contributed by atoms with Crippen LogP contribution >= 0.6 is 0 Å². The monoisotopic (exact) mass is 771 g/mol. The smallest absolute Gasteiger partial charge is 0.372 e. The van der Waals surface area contributed by atoms with Gasteiger partial charge >= 0.3 is 6.18 Å². The van der Waals surface area contributed by atoms with Gasteiger partial charge in [0.15, 0.2) is 5.49 Å². The van der Waals surface area contributed by atoms with E-state index in [9.17, 15) is 27.6 Å². The molecule has 1 unspecified atom stereocenters. The van der Waals surface area contributed by atoms with Gasteiger partial charge in [-0.3, -0.25) is 24.6 Å². The lowest BCUT2D eigenvalue weighted by Crippen LogP contribution is -2.51. The summed E-state index contributed by atoms with van der Waals surface area (Å²) >= 11 is 0. The number of nitrogens with zero attached hydrogens (tertiary/aromatic N) is 8. The molecule has 1 N–H and O–H groups in total. The number of benzene rings is 2. The maximum Gasteiger partial charge on any atom is 0.417 e. The van der Waals surface area contributed by atoms with Crippen molar-refractivity contribution in [3.05, 3.63) is 83.0 Å². The summed E-state index contributed by atoms with van der Waals surface area (Å²) in [4.78, 5) is 45.1. The predicted octanol–water partition coefficient (Wildman–Crippen LogP) is 4.42. The van der Waals surface area contributed by atoms with Crippen molar-refractivity contribution < 1.29 is 27.6 Å². The fourth-order valence-corrected chi connectivity index (χ4v) is 8.48. The fourth-order valence-electron chi connectivity index (χ4n) is 8.48. The van der Waals surface area contributed by atoms with Crippen molar-refractivity contribution in [2.75, 3.05) is 73.6 Å². The number of piperidine rings is 3. The van der Waals surface area contributed by atoms with E-state index < -0.39 is 23.7 Å². The average Bonchev–Trinajstić information content (AvgIpc) is 3.21. The number of amides is 3. The molecule has 56 heavy (non-hydrogen) atoms. The standard InChI is InChI=1S/C41H48F3N9O3/c1-48-15-14-35(25-38(48)47-53(28-54)37-8-9-39(55)46-40(37)56)52-22-20-49(21-23-52)27-29-10-16-50(17-11-29)33-5-2-30(3-6-33)31-12-18-51(19-13-31)34-7-4-32(26-45)36(24-34)41(42,43)44/h2-7,14-15,24-25,28-29,31,37H,8-13,16-23,27H2,1H3,(H,46,55,56)/b47-38-. The Morgan fingerprint density at radius 2 is 1.46 bits per heavy atom. The van der Waals surface area contributed by atoms with E-state index in [2.05, 4.69) is 49.4 Å². The minimum absolute atomic E-state index is 0.164.